The fourth-order valence-corrected chi connectivity index (χ4v) is 3.99. The van der Waals surface area contributed by atoms with E-state index < -0.39 is 32.2 Å². The number of rotatable bonds is 5. The first-order valence-corrected chi connectivity index (χ1v) is 10.2. The zero-order chi connectivity index (χ0) is 26.5. The molecule has 0 aliphatic carbocycles. The van der Waals surface area contributed by atoms with Crippen LogP contribution in [0.5, 0.6) is 5.88 Å². The Morgan fingerprint density at radius 1 is 1.39 bits per heavy atom. The van der Waals surface area contributed by atoms with Crippen LogP contribution in [0.3, 0.4) is 0 Å². The predicted octanol–water partition coefficient (Wildman–Crippen LogP) is 2.29. The first kappa shape index (κ1) is 17.1. The van der Waals surface area contributed by atoms with Gasteiger partial charge in [0.1, 0.15) is 23.7 Å². The Kier molecular flexibility index (Phi) is 4.24. The van der Waals surface area contributed by atoms with E-state index in [-0.39, 0.29) is 37.2 Å². The quantitative estimate of drug-likeness (QED) is 0.490. The fraction of sp³-hybridized carbons (Fsp3) is 0.429. The molecule has 3 aromatic heterocycles. The van der Waals surface area contributed by atoms with Crippen molar-refractivity contribution >= 4 is 16.6 Å². The minimum atomic E-state index is -3.40. The van der Waals surface area contributed by atoms with Crippen molar-refractivity contribution in [3.8, 4) is 17.0 Å². The first-order chi connectivity index (χ1) is 17.5. The maximum absolute atomic E-state index is 14.8. The molecule has 1 saturated heterocycles. The number of methoxy groups -OCH3 is 1. The number of hydrogen-bond donors (Lipinski definition) is 1. The standard InChI is InChI=1S/C21H23F3N8O/c1-30-8-6-17(21(23,24)12-30)25-20-26-19(33-2)18-14(5-9-32(18)28-20)13-3-4-15-16(11-13)31(10-7-22)29-27-15/h3-5,9,11,17H,6-8,10,12H2,1-2H3,(H,25,28)/i1D3,9D. The molecule has 0 radical (unpaired) electrons. The number of aromatic amines is 1. The molecule has 0 spiro atoms. The number of fused-ring (bicyclic) bond motifs is 2. The van der Waals surface area contributed by atoms with E-state index in [1.807, 2.05) is 0 Å². The third-order valence-corrected chi connectivity index (χ3v) is 5.59. The number of hydrogen-bond acceptors (Lipinski definition) is 6. The fourth-order valence-electron chi connectivity index (χ4n) is 3.99. The van der Waals surface area contributed by atoms with Gasteiger partial charge in [0.15, 0.2) is 0 Å². The molecule has 5 rings (SSSR count). The topological polar surface area (TPSA) is 88.6 Å². The molecule has 1 unspecified atom stereocenters. The maximum Gasteiger partial charge on any atom is 0.282 e. The summed E-state index contributed by atoms with van der Waals surface area (Å²) in [5, 5.41) is 10.8. The summed E-state index contributed by atoms with van der Waals surface area (Å²) in [7, 11) is 1.36. The molecule has 1 aliphatic heterocycles. The predicted molar refractivity (Wildman–Crippen MR) is 115 cm³/mol. The zero-order valence-corrected chi connectivity index (χ0v) is 17.6. The van der Waals surface area contributed by atoms with Gasteiger partial charge in [-0.1, -0.05) is 11.3 Å². The Morgan fingerprint density at radius 2 is 2.27 bits per heavy atom. The smallest absolute Gasteiger partial charge is 0.282 e. The average molecular weight is 464 g/mol. The Morgan fingerprint density at radius 3 is 3.03 bits per heavy atom. The Bertz CT molecular complexity index is 1530. The minimum absolute atomic E-state index is 0.0124. The largest absolute Gasteiger partial charge is 0.479 e. The van der Waals surface area contributed by atoms with Crippen molar-refractivity contribution in [1.82, 2.24) is 34.5 Å². The number of halogens is 3. The Hall–Kier alpha value is -3.41. The lowest BCUT2D eigenvalue weighted by atomic mass is 10.0. The van der Waals surface area contributed by atoms with E-state index in [0.29, 0.717) is 27.7 Å². The van der Waals surface area contributed by atoms with E-state index in [1.165, 1.54) is 16.3 Å². The molecular weight excluding hydrogens is 437 g/mol. The van der Waals surface area contributed by atoms with Crippen molar-refractivity contribution < 1.29 is 23.4 Å². The average Bonchev–Trinajstić information content (AvgIpc) is 3.40. The number of aryl methyl sites for hydroxylation is 1. The number of ether oxygens (including phenoxy) is 1. The molecule has 1 aromatic carbocycles. The van der Waals surface area contributed by atoms with E-state index in [2.05, 4.69) is 25.4 Å². The highest BCUT2D eigenvalue weighted by molar-refractivity contribution is 5.89. The van der Waals surface area contributed by atoms with Crippen LogP contribution in [0.1, 0.15) is 11.9 Å². The number of piperidine rings is 1. The van der Waals surface area contributed by atoms with Crippen molar-refractivity contribution in [2.45, 2.75) is 24.9 Å². The third kappa shape index (κ3) is 3.84. The molecular formula is C21H23F3N8O. The van der Waals surface area contributed by atoms with E-state index >= 15 is 0 Å². The normalized spacial score (nSPS) is 21.7. The van der Waals surface area contributed by atoms with E-state index in [1.54, 1.807) is 24.3 Å². The second-order valence-corrected chi connectivity index (χ2v) is 7.75. The van der Waals surface area contributed by atoms with E-state index in [9.17, 15) is 13.2 Å². The second-order valence-electron chi connectivity index (χ2n) is 7.75. The van der Waals surface area contributed by atoms with Gasteiger partial charge in [-0.2, -0.15) is 4.98 Å². The van der Waals surface area contributed by atoms with Gasteiger partial charge in [-0.25, -0.2) is 22.8 Å². The summed E-state index contributed by atoms with van der Waals surface area (Å²) in [4.78, 5) is 9.08. The van der Waals surface area contributed by atoms with Crippen LogP contribution in [0.4, 0.5) is 13.2 Å². The molecule has 0 saturated carbocycles. The minimum Gasteiger partial charge on any atom is -0.479 e. The molecule has 174 valence electrons. The van der Waals surface area contributed by atoms with E-state index in [4.69, 9.17) is 10.2 Å². The number of aromatic nitrogens is 6. The highest BCUT2D eigenvalue weighted by Crippen LogP contribution is 2.32. The molecule has 9 nitrogen and oxygen atoms in total. The number of benzene rings is 1. The molecule has 1 atom stereocenters. The van der Waals surface area contributed by atoms with Gasteiger partial charge in [0, 0.05) is 22.4 Å². The second kappa shape index (κ2) is 8.18. The molecule has 4 aromatic rings. The van der Waals surface area contributed by atoms with Crippen LogP contribution in [0.2, 0.25) is 0 Å². The Labute approximate surface area is 192 Å². The lowest BCUT2D eigenvalue weighted by molar-refractivity contribution is -0.0738. The van der Waals surface area contributed by atoms with Gasteiger partial charge < -0.3 is 9.64 Å². The SMILES string of the molecule is [2H]c1cc(-c2ccc3nnn(CCF)c3c2)c2c(OC)nc(=NC3CCN(C([2H])([2H])[2H])CC3(F)F)[nH]n12. The monoisotopic (exact) mass is 464 g/mol. The summed E-state index contributed by atoms with van der Waals surface area (Å²) < 4.78 is 81.4. The van der Waals surface area contributed by atoms with Crippen LogP contribution < -0.4 is 10.4 Å². The number of H-pyrrole nitrogens is 1. The number of likely N-dealkylation sites (tertiary alicyclic amines) is 1. The van der Waals surface area contributed by atoms with Gasteiger partial charge in [0.25, 0.3) is 5.92 Å². The van der Waals surface area contributed by atoms with Crippen molar-refractivity contribution in [1.29, 1.82) is 0 Å². The number of nitrogens with one attached hydrogen (secondary N) is 1. The third-order valence-electron chi connectivity index (χ3n) is 5.59. The van der Waals surface area contributed by atoms with Gasteiger partial charge in [-0.15, -0.1) is 5.10 Å². The van der Waals surface area contributed by atoms with E-state index in [0.717, 1.165) is 4.90 Å². The van der Waals surface area contributed by atoms with Crippen LogP contribution in [-0.4, -0.2) is 80.3 Å². The van der Waals surface area contributed by atoms with Gasteiger partial charge >= 0.3 is 0 Å². The summed E-state index contributed by atoms with van der Waals surface area (Å²) in [5.74, 6) is -3.35. The number of alkyl halides is 3. The van der Waals surface area contributed by atoms with Gasteiger partial charge in [-0.05, 0) is 37.2 Å². The maximum atomic E-state index is 14.8. The lowest BCUT2D eigenvalue weighted by Crippen LogP contribution is -2.50. The van der Waals surface area contributed by atoms with Crippen LogP contribution in [0.15, 0.2) is 35.4 Å². The van der Waals surface area contributed by atoms with Crippen molar-refractivity contribution in [3.63, 3.8) is 0 Å². The molecule has 33 heavy (non-hydrogen) atoms. The highest BCUT2D eigenvalue weighted by Gasteiger charge is 2.43. The van der Waals surface area contributed by atoms with Crippen LogP contribution in [-0.2, 0) is 6.54 Å². The molecule has 0 bridgehead atoms. The summed E-state index contributed by atoms with van der Waals surface area (Å²) in [5.41, 5.74) is 2.59. The highest BCUT2D eigenvalue weighted by atomic mass is 19.3. The molecule has 1 N–H and O–H groups in total. The summed E-state index contributed by atoms with van der Waals surface area (Å²) in [6.45, 7) is -4.22. The summed E-state index contributed by atoms with van der Waals surface area (Å²) >= 11 is 0. The van der Waals surface area contributed by atoms with Crippen LogP contribution >= 0.6 is 0 Å². The molecule has 4 heterocycles. The van der Waals surface area contributed by atoms with Crippen molar-refractivity contribution in [3.05, 3.63) is 36.1 Å². The van der Waals surface area contributed by atoms with Crippen LogP contribution in [0, 0.1) is 0 Å². The zero-order valence-electron chi connectivity index (χ0n) is 21.6. The van der Waals surface area contributed by atoms with Gasteiger partial charge in [0.05, 0.1) is 27.1 Å². The summed E-state index contributed by atoms with van der Waals surface area (Å²) in [6, 6.07) is 5.29. The number of nitrogens with zero attached hydrogens (tertiary/aromatic N) is 7. The van der Waals surface area contributed by atoms with Crippen LogP contribution in [0.25, 0.3) is 27.7 Å². The lowest BCUT2D eigenvalue weighted by Gasteiger charge is -2.33. The van der Waals surface area contributed by atoms with Gasteiger partial charge in [0.2, 0.25) is 11.5 Å². The molecule has 1 aliphatic rings. The molecule has 12 heteroatoms. The molecule has 0 amide bonds. The van der Waals surface area contributed by atoms with Crippen molar-refractivity contribution in [2.24, 2.45) is 4.99 Å². The van der Waals surface area contributed by atoms with Crippen molar-refractivity contribution in [2.75, 3.05) is 33.8 Å². The Balaban J connectivity index is 1.58. The molecule has 1 fully saturated rings. The van der Waals surface area contributed by atoms with Gasteiger partial charge in [-0.3, -0.25) is 9.61 Å². The summed E-state index contributed by atoms with van der Waals surface area (Å²) in [6.07, 6.45) is -0.200. The first-order valence-electron chi connectivity index (χ1n) is 12.2.